The Morgan fingerprint density at radius 1 is 1.30 bits per heavy atom. The Kier molecular flexibility index (Phi) is 5.81. The van der Waals surface area contributed by atoms with E-state index in [1.165, 1.54) is 5.56 Å². The molecular formula is C19H24N2O2. The van der Waals surface area contributed by atoms with E-state index in [1.54, 1.807) is 6.92 Å². The molecule has 1 atom stereocenters. The molecule has 0 N–H and O–H groups in total. The standard InChI is InChI=1S/C19H24N2O2/c1-4-19(23)21(15(2)14-17-8-6-5-7-9-17)18-10-12-20(13-11-18)16(3)22/h1,5-9,15,18H,10-14H2,2-3H3. The second kappa shape index (κ2) is 7.82. The summed E-state index contributed by atoms with van der Waals surface area (Å²) < 4.78 is 0. The maximum absolute atomic E-state index is 12.3. The van der Waals surface area contributed by atoms with Crippen molar-refractivity contribution >= 4 is 11.8 Å². The Morgan fingerprint density at radius 2 is 1.91 bits per heavy atom. The van der Waals surface area contributed by atoms with E-state index >= 15 is 0 Å². The molecule has 0 spiro atoms. The number of benzene rings is 1. The molecule has 1 saturated heterocycles. The largest absolute Gasteiger partial charge is 0.343 e. The molecule has 0 aromatic heterocycles. The highest BCUT2D eigenvalue weighted by atomic mass is 16.2. The Labute approximate surface area is 138 Å². The molecule has 2 rings (SSSR count). The van der Waals surface area contributed by atoms with Crippen LogP contribution in [0, 0.1) is 12.3 Å². The SMILES string of the molecule is C#CC(=O)N(C(C)Cc1ccccc1)C1CCN(C(C)=O)CC1. The number of terminal acetylenes is 1. The van der Waals surface area contributed by atoms with Gasteiger partial charge in [-0.2, -0.15) is 0 Å². The second-order valence-corrected chi connectivity index (χ2v) is 6.13. The van der Waals surface area contributed by atoms with E-state index in [4.69, 9.17) is 6.42 Å². The van der Waals surface area contributed by atoms with Crippen LogP contribution in [-0.4, -0.2) is 46.8 Å². The summed E-state index contributed by atoms with van der Waals surface area (Å²) in [5, 5.41) is 0. The van der Waals surface area contributed by atoms with E-state index in [2.05, 4.69) is 18.1 Å². The fraction of sp³-hybridized carbons (Fsp3) is 0.474. The molecule has 4 heteroatoms. The molecule has 2 amide bonds. The van der Waals surface area contributed by atoms with E-state index in [0.717, 1.165) is 19.3 Å². The molecule has 1 aromatic carbocycles. The van der Waals surface area contributed by atoms with Gasteiger partial charge >= 0.3 is 0 Å². The summed E-state index contributed by atoms with van der Waals surface area (Å²) in [5.41, 5.74) is 1.19. The van der Waals surface area contributed by atoms with E-state index in [-0.39, 0.29) is 23.9 Å². The number of piperidine rings is 1. The molecule has 1 aliphatic rings. The monoisotopic (exact) mass is 312 g/mol. The predicted molar refractivity (Wildman–Crippen MR) is 90.6 cm³/mol. The molecule has 23 heavy (non-hydrogen) atoms. The van der Waals surface area contributed by atoms with Gasteiger partial charge in [-0.1, -0.05) is 30.3 Å². The second-order valence-electron chi connectivity index (χ2n) is 6.13. The lowest BCUT2D eigenvalue weighted by molar-refractivity contribution is -0.133. The fourth-order valence-electron chi connectivity index (χ4n) is 3.31. The van der Waals surface area contributed by atoms with Crippen LogP contribution in [0.5, 0.6) is 0 Å². The van der Waals surface area contributed by atoms with Gasteiger partial charge in [0.25, 0.3) is 5.91 Å². The van der Waals surface area contributed by atoms with Gasteiger partial charge < -0.3 is 9.80 Å². The first-order valence-corrected chi connectivity index (χ1v) is 8.11. The third kappa shape index (κ3) is 4.35. The van der Waals surface area contributed by atoms with E-state index in [1.807, 2.05) is 34.9 Å². The van der Waals surface area contributed by atoms with Crippen LogP contribution in [0.4, 0.5) is 0 Å². The van der Waals surface area contributed by atoms with Crippen molar-refractivity contribution in [3.05, 3.63) is 35.9 Å². The van der Waals surface area contributed by atoms with Gasteiger partial charge in [-0.05, 0) is 37.7 Å². The third-order valence-electron chi connectivity index (χ3n) is 4.51. The van der Waals surface area contributed by atoms with Crippen molar-refractivity contribution < 1.29 is 9.59 Å². The van der Waals surface area contributed by atoms with Gasteiger partial charge in [0.15, 0.2) is 0 Å². The van der Waals surface area contributed by atoms with Crippen molar-refractivity contribution in [2.45, 2.75) is 45.2 Å². The Balaban J connectivity index is 2.07. The first-order valence-electron chi connectivity index (χ1n) is 8.11. The van der Waals surface area contributed by atoms with Crippen LogP contribution >= 0.6 is 0 Å². The maximum Gasteiger partial charge on any atom is 0.298 e. The number of amides is 2. The zero-order valence-electron chi connectivity index (χ0n) is 13.9. The normalized spacial score (nSPS) is 16.5. The average Bonchev–Trinajstić information content (AvgIpc) is 2.56. The Bertz CT molecular complexity index is 583. The molecule has 1 fully saturated rings. The number of rotatable bonds is 4. The van der Waals surface area contributed by atoms with Crippen LogP contribution in [0.2, 0.25) is 0 Å². The predicted octanol–water partition coefficient (Wildman–Crippen LogP) is 2.09. The summed E-state index contributed by atoms with van der Waals surface area (Å²) in [7, 11) is 0. The van der Waals surface area contributed by atoms with Crippen molar-refractivity contribution in [3.8, 4) is 12.3 Å². The minimum atomic E-state index is -0.255. The highest BCUT2D eigenvalue weighted by Gasteiger charge is 2.31. The molecule has 4 nitrogen and oxygen atoms in total. The van der Waals surface area contributed by atoms with Crippen LogP contribution in [0.1, 0.15) is 32.3 Å². The zero-order valence-corrected chi connectivity index (χ0v) is 13.9. The topological polar surface area (TPSA) is 40.6 Å². The molecule has 0 aliphatic carbocycles. The van der Waals surface area contributed by atoms with Gasteiger partial charge in [0.2, 0.25) is 5.91 Å². The van der Waals surface area contributed by atoms with Gasteiger partial charge in [-0.15, -0.1) is 6.42 Å². The highest BCUT2D eigenvalue weighted by Crippen LogP contribution is 2.21. The minimum absolute atomic E-state index is 0.0369. The Hall–Kier alpha value is -2.28. The molecule has 0 bridgehead atoms. The molecule has 1 aliphatic heterocycles. The number of nitrogens with zero attached hydrogens (tertiary/aromatic N) is 2. The number of likely N-dealkylation sites (tertiary alicyclic amines) is 1. The summed E-state index contributed by atoms with van der Waals surface area (Å²) in [5.74, 6) is 2.11. The molecule has 1 aromatic rings. The number of carbonyl (C=O) groups excluding carboxylic acids is 2. The number of hydrogen-bond donors (Lipinski definition) is 0. The Morgan fingerprint density at radius 3 is 2.43 bits per heavy atom. The van der Waals surface area contributed by atoms with Crippen LogP contribution in [0.3, 0.4) is 0 Å². The van der Waals surface area contributed by atoms with Gasteiger partial charge in [0.05, 0.1) is 0 Å². The summed E-state index contributed by atoms with van der Waals surface area (Å²) in [6.07, 6.45) is 7.73. The lowest BCUT2D eigenvalue weighted by atomic mass is 9.98. The summed E-state index contributed by atoms with van der Waals surface area (Å²) in [6.45, 7) is 5.00. The van der Waals surface area contributed by atoms with E-state index in [9.17, 15) is 9.59 Å². The molecule has 122 valence electrons. The quantitative estimate of drug-likeness (QED) is 0.799. The van der Waals surface area contributed by atoms with E-state index < -0.39 is 0 Å². The molecule has 0 saturated carbocycles. The van der Waals surface area contributed by atoms with Crippen LogP contribution < -0.4 is 0 Å². The van der Waals surface area contributed by atoms with Gasteiger partial charge in [-0.25, -0.2) is 0 Å². The minimum Gasteiger partial charge on any atom is -0.343 e. The van der Waals surface area contributed by atoms with Crippen LogP contribution in [0.25, 0.3) is 0 Å². The first kappa shape index (κ1) is 17.1. The van der Waals surface area contributed by atoms with Crippen molar-refractivity contribution in [2.24, 2.45) is 0 Å². The first-order chi connectivity index (χ1) is 11.0. The number of carbonyl (C=O) groups is 2. The average molecular weight is 312 g/mol. The van der Waals surface area contributed by atoms with Gasteiger partial charge in [0.1, 0.15) is 0 Å². The van der Waals surface area contributed by atoms with Crippen LogP contribution in [0.15, 0.2) is 30.3 Å². The molecule has 0 radical (unpaired) electrons. The van der Waals surface area contributed by atoms with Crippen molar-refractivity contribution in [1.82, 2.24) is 9.80 Å². The summed E-state index contributed by atoms with van der Waals surface area (Å²) >= 11 is 0. The maximum atomic E-state index is 12.3. The van der Waals surface area contributed by atoms with Crippen LogP contribution in [-0.2, 0) is 16.0 Å². The smallest absolute Gasteiger partial charge is 0.298 e. The zero-order chi connectivity index (χ0) is 16.8. The fourth-order valence-corrected chi connectivity index (χ4v) is 3.31. The third-order valence-corrected chi connectivity index (χ3v) is 4.51. The van der Waals surface area contributed by atoms with Gasteiger partial charge in [0, 0.05) is 32.1 Å². The summed E-state index contributed by atoms with van der Waals surface area (Å²) in [6, 6.07) is 10.3. The molecule has 1 heterocycles. The van der Waals surface area contributed by atoms with Crippen molar-refractivity contribution in [2.75, 3.05) is 13.1 Å². The summed E-state index contributed by atoms with van der Waals surface area (Å²) in [4.78, 5) is 27.4. The molecular weight excluding hydrogens is 288 g/mol. The molecule has 1 unspecified atom stereocenters. The lowest BCUT2D eigenvalue weighted by Crippen LogP contribution is -2.51. The number of hydrogen-bond acceptors (Lipinski definition) is 2. The van der Waals surface area contributed by atoms with E-state index in [0.29, 0.717) is 13.1 Å². The lowest BCUT2D eigenvalue weighted by Gasteiger charge is -2.40. The van der Waals surface area contributed by atoms with Crippen molar-refractivity contribution in [3.63, 3.8) is 0 Å². The van der Waals surface area contributed by atoms with Crippen molar-refractivity contribution in [1.29, 1.82) is 0 Å². The highest BCUT2D eigenvalue weighted by molar-refractivity contribution is 5.93. The van der Waals surface area contributed by atoms with Gasteiger partial charge in [-0.3, -0.25) is 9.59 Å².